The first kappa shape index (κ1) is 12.6. The number of ether oxygens (including phenoxy) is 1. The van der Waals surface area contributed by atoms with E-state index in [1.54, 1.807) is 30.5 Å². The predicted octanol–water partition coefficient (Wildman–Crippen LogP) is 1.38. The van der Waals surface area contributed by atoms with Crippen molar-refractivity contribution in [1.82, 2.24) is 0 Å². The molecule has 0 N–H and O–H groups in total. The molecule has 1 aromatic rings. The van der Waals surface area contributed by atoms with Crippen molar-refractivity contribution in [3.05, 3.63) is 29.8 Å². The van der Waals surface area contributed by atoms with Crippen LogP contribution in [0, 0.1) is 11.5 Å². The number of rotatable bonds is 5. The Morgan fingerprint density at radius 1 is 1.47 bits per heavy atom. The first-order valence-electron chi connectivity index (χ1n) is 4.89. The number of benzene rings is 1. The molecule has 86 valence electrons. The number of carbonyl (C=O) groups excluding carboxylic acids is 2. The summed E-state index contributed by atoms with van der Waals surface area (Å²) in [6, 6.07) is 5.95. The Morgan fingerprint density at radius 2 is 2.12 bits per heavy atom. The molecule has 0 bridgehead atoms. The number of isocyanates is 1. The number of hydrogen-bond donors (Lipinski definition) is 0. The molecule has 0 radical (unpaired) electrons. The van der Waals surface area contributed by atoms with Crippen LogP contribution >= 0.6 is 0 Å². The van der Waals surface area contributed by atoms with Gasteiger partial charge in [0.15, 0.2) is 5.78 Å². The van der Waals surface area contributed by atoms with Crippen molar-refractivity contribution >= 4 is 11.9 Å². The standard InChI is InChI=1S/C12H10N2O3/c1-9(16)12(14-8-15)6-10-2-4-11(5-3-10)17-7-13/h2-5,12H,6H2,1H3. The summed E-state index contributed by atoms with van der Waals surface area (Å²) in [7, 11) is 0. The van der Waals surface area contributed by atoms with Crippen LogP contribution in [0.25, 0.3) is 0 Å². The van der Waals surface area contributed by atoms with E-state index in [0.29, 0.717) is 12.2 Å². The highest BCUT2D eigenvalue weighted by Gasteiger charge is 2.13. The fourth-order valence-electron chi connectivity index (χ4n) is 1.31. The molecule has 0 heterocycles. The molecule has 1 atom stereocenters. The van der Waals surface area contributed by atoms with Gasteiger partial charge in [0.25, 0.3) is 6.26 Å². The molecule has 0 spiro atoms. The lowest BCUT2D eigenvalue weighted by atomic mass is 10.0. The number of nitrogens with zero attached hydrogens (tertiary/aromatic N) is 2. The molecule has 17 heavy (non-hydrogen) atoms. The second-order valence-electron chi connectivity index (χ2n) is 3.39. The van der Waals surface area contributed by atoms with Crippen LogP contribution in [-0.4, -0.2) is 17.9 Å². The van der Waals surface area contributed by atoms with Gasteiger partial charge in [0.2, 0.25) is 6.08 Å². The molecule has 5 nitrogen and oxygen atoms in total. The highest BCUT2D eigenvalue weighted by Crippen LogP contribution is 2.14. The number of carbonyl (C=O) groups is 1. The molecule has 0 saturated carbocycles. The Balaban J connectivity index is 2.77. The van der Waals surface area contributed by atoms with Gasteiger partial charge in [0.05, 0.1) is 0 Å². The van der Waals surface area contributed by atoms with Gasteiger partial charge in [-0.1, -0.05) is 12.1 Å². The van der Waals surface area contributed by atoms with E-state index in [0.717, 1.165) is 5.56 Å². The van der Waals surface area contributed by atoms with E-state index in [4.69, 9.17) is 5.26 Å². The normalized spacial score (nSPS) is 10.8. The molecular weight excluding hydrogens is 220 g/mol. The van der Waals surface area contributed by atoms with Crippen LogP contribution in [0.3, 0.4) is 0 Å². The average Bonchev–Trinajstić information content (AvgIpc) is 2.31. The Morgan fingerprint density at radius 3 is 2.59 bits per heavy atom. The maximum absolute atomic E-state index is 11.2. The second kappa shape index (κ2) is 6.21. The molecule has 0 aliphatic heterocycles. The lowest BCUT2D eigenvalue weighted by molar-refractivity contribution is -0.118. The van der Waals surface area contributed by atoms with Crippen molar-refractivity contribution in [1.29, 1.82) is 5.26 Å². The van der Waals surface area contributed by atoms with Crippen molar-refractivity contribution in [2.75, 3.05) is 0 Å². The first-order chi connectivity index (χ1) is 8.17. The average molecular weight is 230 g/mol. The van der Waals surface area contributed by atoms with Gasteiger partial charge in [-0.2, -0.15) is 4.99 Å². The van der Waals surface area contributed by atoms with E-state index in [2.05, 4.69) is 9.73 Å². The zero-order chi connectivity index (χ0) is 12.7. The zero-order valence-corrected chi connectivity index (χ0v) is 9.21. The fourth-order valence-corrected chi connectivity index (χ4v) is 1.31. The van der Waals surface area contributed by atoms with E-state index in [1.165, 1.54) is 13.0 Å². The van der Waals surface area contributed by atoms with Crippen molar-refractivity contribution in [2.24, 2.45) is 4.99 Å². The van der Waals surface area contributed by atoms with Gasteiger partial charge in [-0.25, -0.2) is 4.79 Å². The molecule has 1 aromatic carbocycles. The van der Waals surface area contributed by atoms with Gasteiger partial charge in [0.1, 0.15) is 11.8 Å². The minimum atomic E-state index is -0.699. The molecular formula is C12H10N2O3. The maximum Gasteiger partial charge on any atom is 0.292 e. The zero-order valence-electron chi connectivity index (χ0n) is 9.21. The number of nitriles is 1. The summed E-state index contributed by atoms with van der Waals surface area (Å²) in [6.45, 7) is 1.37. The van der Waals surface area contributed by atoms with Crippen LogP contribution in [0.2, 0.25) is 0 Å². The van der Waals surface area contributed by atoms with E-state index < -0.39 is 6.04 Å². The van der Waals surface area contributed by atoms with Crippen LogP contribution in [0.5, 0.6) is 5.75 Å². The molecule has 1 rings (SSSR count). The van der Waals surface area contributed by atoms with Crippen molar-refractivity contribution in [2.45, 2.75) is 19.4 Å². The summed E-state index contributed by atoms with van der Waals surface area (Å²) in [5, 5.41) is 8.30. The summed E-state index contributed by atoms with van der Waals surface area (Å²) >= 11 is 0. The molecule has 0 saturated heterocycles. The number of hydrogen-bond acceptors (Lipinski definition) is 5. The number of ketones is 1. The third kappa shape index (κ3) is 3.90. The van der Waals surface area contributed by atoms with Gasteiger partial charge >= 0.3 is 0 Å². The summed E-state index contributed by atoms with van der Waals surface area (Å²) in [5.41, 5.74) is 0.828. The molecule has 0 amide bonds. The number of Topliss-reactive ketones (excluding diaryl/α,β-unsaturated/α-hetero) is 1. The summed E-state index contributed by atoms with van der Waals surface area (Å²) < 4.78 is 4.61. The quantitative estimate of drug-likeness (QED) is 0.435. The van der Waals surface area contributed by atoms with E-state index in [1.807, 2.05) is 0 Å². The lowest BCUT2D eigenvalue weighted by Gasteiger charge is -2.06. The first-order valence-corrected chi connectivity index (χ1v) is 4.89. The van der Waals surface area contributed by atoms with Crippen LogP contribution < -0.4 is 4.74 Å². The van der Waals surface area contributed by atoms with E-state index in [9.17, 15) is 9.59 Å². The minimum Gasteiger partial charge on any atom is -0.388 e. The SMILES string of the molecule is CC(=O)C(Cc1ccc(OC#N)cc1)N=C=O. The lowest BCUT2D eigenvalue weighted by Crippen LogP contribution is -2.17. The molecule has 0 fully saturated rings. The molecule has 1 unspecified atom stereocenters. The molecule has 0 aliphatic carbocycles. The Bertz CT molecular complexity index is 479. The van der Waals surface area contributed by atoms with Crippen molar-refractivity contribution < 1.29 is 14.3 Å². The van der Waals surface area contributed by atoms with Crippen LogP contribution in [0.1, 0.15) is 12.5 Å². The topological polar surface area (TPSA) is 79.5 Å². The Labute approximate surface area is 98.3 Å². The molecule has 5 heteroatoms. The van der Waals surface area contributed by atoms with Gasteiger partial charge in [0, 0.05) is 6.42 Å². The molecule has 0 aliphatic rings. The highest BCUT2D eigenvalue weighted by molar-refractivity contribution is 5.82. The summed E-state index contributed by atoms with van der Waals surface area (Å²) in [6.07, 6.45) is 3.28. The monoisotopic (exact) mass is 230 g/mol. The van der Waals surface area contributed by atoms with Crippen LogP contribution in [0.4, 0.5) is 0 Å². The summed E-state index contributed by atoms with van der Waals surface area (Å²) in [4.78, 5) is 24.8. The second-order valence-corrected chi connectivity index (χ2v) is 3.39. The maximum atomic E-state index is 11.2. The Kier molecular flexibility index (Phi) is 4.61. The largest absolute Gasteiger partial charge is 0.388 e. The van der Waals surface area contributed by atoms with Crippen molar-refractivity contribution in [3.63, 3.8) is 0 Å². The fraction of sp³-hybridized carbons (Fsp3) is 0.250. The van der Waals surface area contributed by atoms with Crippen molar-refractivity contribution in [3.8, 4) is 12.0 Å². The number of aliphatic imine (C=N–C) groups is 1. The summed E-state index contributed by atoms with van der Waals surface area (Å²) in [5.74, 6) is 0.236. The third-order valence-corrected chi connectivity index (χ3v) is 2.19. The minimum absolute atomic E-state index is 0.189. The highest BCUT2D eigenvalue weighted by atomic mass is 16.5. The molecule has 0 aromatic heterocycles. The van der Waals surface area contributed by atoms with Crippen LogP contribution in [0.15, 0.2) is 29.3 Å². The van der Waals surface area contributed by atoms with Gasteiger partial charge in [-0.05, 0) is 24.6 Å². The van der Waals surface area contributed by atoms with Crippen LogP contribution in [-0.2, 0) is 16.0 Å². The smallest absolute Gasteiger partial charge is 0.292 e. The third-order valence-electron chi connectivity index (χ3n) is 2.19. The van der Waals surface area contributed by atoms with E-state index >= 15 is 0 Å². The van der Waals surface area contributed by atoms with Gasteiger partial charge < -0.3 is 4.74 Å². The Hall–Kier alpha value is -2.44. The van der Waals surface area contributed by atoms with Gasteiger partial charge in [-0.3, -0.25) is 4.79 Å². The predicted molar refractivity (Wildman–Crippen MR) is 59.0 cm³/mol. The van der Waals surface area contributed by atoms with E-state index in [-0.39, 0.29) is 5.78 Å². The van der Waals surface area contributed by atoms with Gasteiger partial charge in [-0.15, -0.1) is 5.26 Å².